The van der Waals surface area contributed by atoms with E-state index in [9.17, 15) is 9.90 Å². The van der Waals surface area contributed by atoms with Crippen LogP contribution in [0.25, 0.3) is 0 Å². The van der Waals surface area contributed by atoms with E-state index in [1.54, 1.807) is 17.0 Å². The molecule has 1 amide bonds. The van der Waals surface area contributed by atoms with Gasteiger partial charge in [0.05, 0.1) is 12.1 Å². The van der Waals surface area contributed by atoms with Crippen LogP contribution in [0.1, 0.15) is 23.2 Å². The van der Waals surface area contributed by atoms with E-state index in [2.05, 4.69) is 21.9 Å². The maximum atomic E-state index is 12.3. The first kappa shape index (κ1) is 13.0. The summed E-state index contributed by atoms with van der Waals surface area (Å²) < 4.78 is 0.760. The van der Waals surface area contributed by atoms with Gasteiger partial charge in [0.2, 0.25) is 0 Å². The molecule has 1 fully saturated rings. The minimum Gasteiger partial charge on any atom is -0.507 e. The molecule has 94 valence electrons. The highest BCUT2D eigenvalue weighted by Gasteiger charge is 2.27. The molecule has 0 spiro atoms. The van der Waals surface area contributed by atoms with Gasteiger partial charge in [-0.25, -0.2) is 0 Å². The number of rotatable bonds is 4. The quantitative estimate of drug-likeness (QED) is 0.869. The fourth-order valence-electron chi connectivity index (χ4n) is 1.79. The molecule has 4 heteroatoms. The highest BCUT2D eigenvalue weighted by Crippen LogP contribution is 2.31. The van der Waals surface area contributed by atoms with Crippen LogP contribution in [0, 0.1) is 18.3 Å². The Bertz CT molecular complexity index is 503. The highest BCUT2D eigenvalue weighted by molar-refractivity contribution is 9.10. The predicted molar refractivity (Wildman–Crippen MR) is 73.3 cm³/mol. The van der Waals surface area contributed by atoms with E-state index < -0.39 is 0 Å². The maximum Gasteiger partial charge on any atom is 0.258 e. The number of hydrogen-bond acceptors (Lipinski definition) is 2. The molecule has 0 aromatic heterocycles. The van der Waals surface area contributed by atoms with Crippen LogP contribution in [0.4, 0.5) is 0 Å². The van der Waals surface area contributed by atoms with Crippen LogP contribution in [-0.4, -0.2) is 29.0 Å². The molecule has 1 N–H and O–H groups in total. The second-order valence-corrected chi connectivity index (χ2v) is 5.41. The smallest absolute Gasteiger partial charge is 0.258 e. The average Bonchev–Trinajstić information content (AvgIpc) is 3.15. The molecule has 1 aliphatic rings. The van der Waals surface area contributed by atoms with Crippen molar-refractivity contribution in [2.75, 3.05) is 13.1 Å². The van der Waals surface area contributed by atoms with Crippen LogP contribution in [0.15, 0.2) is 22.7 Å². The van der Waals surface area contributed by atoms with Crippen molar-refractivity contribution >= 4 is 21.8 Å². The number of carbonyl (C=O) groups is 1. The molecule has 1 aromatic carbocycles. The van der Waals surface area contributed by atoms with Crippen molar-refractivity contribution in [1.82, 2.24) is 4.90 Å². The summed E-state index contributed by atoms with van der Waals surface area (Å²) in [5.74, 6) is 2.84. The van der Waals surface area contributed by atoms with E-state index in [-0.39, 0.29) is 18.2 Å². The van der Waals surface area contributed by atoms with Crippen molar-refractivity contribution in [1.29, 1.82) is 0 Å². The molecular weight excluding hydrogens is 294 g/mol. The van der Waals surface area contributed by atoms with Crippen molar-refractivity contribution < 1.29 is 9.90 Å². The first-order chi connectivity index (χ1) is 8.61. The SMILES string of the molecule is C#CCN(CC1CC1)C(=O)c1cc(Br)ccc1O. The summed E-state index contributed by atoms with van der Waals surface area (Å²) in [5, 5.41) is 9.75. The van der Waals surface area contributed by atoms with Gasteiger partial charge in [-0.3, -0.25) is 4.79 Å². The lowest BCUT2D eigenvalue weighted by Gasteiger charge is -2.20. The lowest BCUT2D eigenvalue weighted by molar-refractivity contribution is 0.0766. The number of amides is 1. The number of carbonyl (C=O) groups excluding carboxylic acids is 1. The van der Waals surface area contributed by atoms with E-state index in [1.165, 1.54) is 6.07 Å². The van der Waals surface area contributed by atoms with Gasteiger partial charge in [0, 0.05) is 11.0 Å². The van der Waals surface area contributed by atoms with E-state index in [4.69, 9.17) is 6.42 Å². The summed E-state index contributed by atoms with van der Waals surface area (Å²) in [4.78, 5) is 13.9. The minimum absolute atomic E-state index is 0.0129. The molecular formula is C14H14BrNO2. The molecule has 1 aliphatic carbocycles. The summed E-state index contributed by atoms with van der Waals surface area (Å²) in [6, 6.07) is 4.81. The Morgan fingerprint density at radius 3 is 2.89 bits per heavy atom. The number of hydrogen-bond donors (Lipinski definition) is 1. The van der Waals surface area contributed by atoms with Crippen LogP contribution in [-0.2, 0) is 0 Å². The standard InChI is InChI=1S/C14H14BrNO2/c1-2-7-16(9-10-3-4-10)14(18)12-8-11(15)5-6-13(12)17/h1,5-6,8,10,17H,3-4,7,9H2. The van der Waals surface area contributed by atoms with Gasteiger partial charge in [-0.2, -0.15) is 0 Å². The van der Waals surface area contributed by atoms with E-state index in [0.29, 0.717) is 18.0 Å². The molecule has 0 bridgehead atoms. The third kappa shape index (κ3) is 3.05. The topological polar surface area (TPSA) is 40.5 Å². The van der Waals surface area contributed by atoms with Gasteiger partial charge in [-0.15, -0.1) is 6.42 Å². The molecule has 0 aliphatic heterocycles. The lowest BCUT2D eigenvalue weighted by Crippen LogP contribution is -2.33. The van der Waals surface area contributed by atoms with E-state index in [0.717, 1.165) is 17.3 Å². The second-order valence-electron chi connectivity index (χ2n) is 4.49. The Kier molecular flexibility index (Phi) is 3.93. The molecule has 0 saturated heterocycles. The van der Waals surface area contributed by atoms with Crippen molar-refractivity contribution in [2.24, 2.45) is 5.92 Å². The van der Waals surface area contributed by atoms with E-state index >= 15 is 0 Å². The second kappa shape index (κ2) is 5.45. The Morgan fingerprint density at radius 2 is 2.28 bits per heavy atom. The number of benzene rings is 1. The zero-order valence-corrected chi connectivity index (χ0v) is 11.5. The monoisotopic (exact) mass is 307 g/mol. The van der Waals surface area contributed by atoms with Crippen LogP contribution in [0.5, 0.6) is 5.75 Å². The predicted octanol–water partition coefficient (Wildman–Crippen LogP) is 2.64. The number of terminal acetylenes is 1. The van der Waals surface area contributed by atoms with Crippen LogP contribution >= 0.6 is 15.9 Å². The van der Waals surface area contributed by atoms with Gasteiger partial charge in [-0.05, 0) is 37.0 Å². The third-order valence-corrected chi connectivity index (χ3v) is 3.43. The molecule has 1 saturated carbocycles. The van der Waals surface area contributed by atoms with Crippen LogP contribution < -0.4 is 0 Å². The maximum absolute atomic E-state index is 12.3. The van der Waals surface area contributed by atoms with Gasteiger partial charge in [0.1, 0.15) is 5.75 Å². The molecule has 0 heterocycles. The molecule has 0 radical (unpaired) electrons. The summed E-state index contributed by atoms with van der Waals surface area (Å²) >= 11 is 3.29. The first-order valence-electron chi connectivity index (χ1n) is 5.83. The lowest BCUT2D eigenvalue weighted by atomic mass is 10.1. The minimum atomic E-state index is -0.210. The summed E-state index contributed by atoms with van der Waals surface area (Å²) in [5.41, 5.74) is 0.292. The van der Waals surface area contributed by atoms with Gasteiger partial charge in [0.25, 0.3) is 5.91 Å². The van der Waals surface area contributed by atoms with Gasteiger partial charge in [0.15, 0.2) is 0 Å². The van der Waals surface area contributed by atoms with Crippen LogP contribution in [0.2, 0.25) is 0 Å². The molecule has 0 atom stereocenters. The Balaban J connectivity index is 2.20. The number of phenolic OH excluding ortho intramolecular Hbond substituents is 1. The molecule has 3 nitrogen and oxygen atoms in total. The summed E-state index contributed by atoms with van der Waals surface area (Å²) in [6.07, 6.45) is 7.60. The first-order valence-corrected chi connectivity index (χ1v) is 6.62. The highest BCUT2D eigenvalue weighted by atomic mass is 79.9. The van der Waals surface area contributed by atoms with Crippen molar-refractivity contribution in [3.63, 3.8) is 0 Å². The fraction of sp³-hybridized carbons (Fsp3) is 0.357. The Hall–Kier alpha value is -1.47. The van der Waals surface area contributed by atoms with Crippen LogP contribution in [0.3, 0.4) is 0 Å². The summed E-state index contributed by atoms with van der Waals surface area (Å²) in [7, 11) is 0. The molecule has 2 rings (SSSR count). The summed E-state index contributed by atoms with van der Waals surface area (Å²) in [6.45, 7) is 0.955. The zero-order valence-electron chi connectivity index (χ0n) is 9.90. The van der Waals surface area contributed by atoms with Gasteiger partial charge in [-0.1, -0.05) is 21.9 Å². The van der Waals surface area contributed by atoms with Crippen molar-refractivity contribution in [3.05, 3.63) is 28.2 Å². The Morgan fingerprint density at radius 1 is 1.56 bits per heavy atom. The van der Waals surface area contributed by atoms with Crippen molar-refractivity contribution in [3.8, 4) is 18.1 Å². The number of phenols is 1. The van der Waals surface area contributed by atoms with E-state index in [1.807, 2.05) is 0 Å². The number of aromatic hydroxyl groups is 1. The zero-order chi connectivity index (χ0) is 13.1. The average molecular weight is 308 g/mol. The van der Waals surface area contributed by atoms with Gasteiger partial charge >= 0.3 is 0 Å². The molecule has 18 heavy (non-hydrogen) atoms. The van der Waals surface area contributed by atoms with Crippen molar-refractivity contribution in [2.45, 2.75) is 12.8 Å². The Labute approximate surface area is 115 Å². The largest absolute Gasteiger partial charge is 0.507 e. The molecule has 0 unspecified atom stereocenters. The van der Waals surface area contributed by atoms with Gasteiger partial charge < -0.3 is 10.0 Å². The number of halogens is 1. The third-order valence-electron chi connectivity index (χ3n) is 2.93. The normalized spacial score (nSPS) is 14.0. The molecule has 1 aromatic rings. The fourth-order valence-corrected chi connectivity index (χ4v) is 2.15. The number of nitrogens with zero attached hydrogens (tertiary/aromatic N) is 1.